The second-order valence-corrected chi connectivity index (χ2v) is 17.6. The van der Waals surface area contributed by atoms with Crippen molar-refractivity contribution in [3.05, 3.63) is 59.3 Å². The Hall–Kier alpha value is -1.50. The molecule has 0 spiro atoms. The van der Waals surface area contributed by atoms with Gasteiger partial charge in [0.2, 0.25) is 0 Å². The molecule has 0 amide bonds. The van der Waals surface area contributed by atoms with Gasteiger partial charge in [-0.1, -0.05) is 52.7 Å². The minimum atomic E-state index is -0.809. The van der Waals surface area contributed by atoms with Crippen molar-refractivity contribution < 1.29 is 25.5 Å². The minimum absolute atomic E-state index is 0.627. The van der Waals surface area contributed by atoms with Gasteiger partial charge in [0, 0.05) is 0 Å². The van der Waals surface area contributed by atoms with Crippen molar-refractivity contribution in [1.82, 2.24) is 0 Å². The molecule has 292 valence electrons. The number of hydrogen-bond donors (Lipinski definition) is 5. The van der Waals surface area contributed by atoms with Gasteiger partial charge in [-0.05, 0) is 198 Å². The van der Waals surface area contributed by atoms with E-state index in [4.69, 9.17) is 0 Å². The van der Waals surface area contributed by atoms with Crippen molar-refractivity contribution in [3.63, 3.8) is 0 Å². The largest absolute Gasteiger partial charge is 0.390 e. The monoisotopic (exact) mass is 703 g/mol. The van der Waals surface area contributed by atoms with Crippen LogP contribution in [-0.2, 0) is 0 Å². The van der Waals surface area contributed by atoms with Crippen LogP contribution in [0.4, 0.5) is 0 Å². The lowest BCUT2D eigenvalue weighted by molar-refractivity contribution is -0.00312. The maximum atomic E-state index is 11.0. The highest BCUT2D eigenvalue weighted by Crippen LogP contribution is 2.30. The maximum Gasteiger partial charge on any atom is 0.0800 e. The molecule has 5 N–H and O–H groups in total. The first-order chi connectivity index (χ1) is 23.0. The van der Waals surface area contributed by atoms with Crippen LogP contribution in [-0.4, -0.2) is 53.5 Å². The summed E-state index contributed by atoms with van der Waals surface area (Å²) in [5.41, 5.74) is 1.60. The van der Waals surface area contributed by atoms with E-state index >= 15 is 0 Å². The van der Waals surface area contributed by atoms with Gasteiger partial charge in [0.25, 0.3) is 0 Å². The summed E-state index contributed by atoms with van der Waals surface area (Å²) in [6, 6.07) is 0. The molecule has 0 radical (unpaired) electrons. The molecule has 0 bridgehead atoms. The molecule has 0 saturated heterocycles. The fourth-order valence-electron chi connectivity index (χ4n) is 6.58. The highest BCUT2D eigenvalue weighted by atomic mass is 16.3. The second-order valence-electron chi connectivity index (χ2n) is 17.6. The van der Waals surface area contributed by atoms with Crippen molar-refractivity contribution >= 4 is 0 Å². The summed E-state index contributed by atoms with van der Waals surface area (Å²) < 4.78 is 0. The second kappa shape index (κ2) is 23.9. The molecule has 0 aliphatic rings. The summed E-state index contributed by atoms with van der Waals surface area (Å²) in [6.07, 6.45) is 26.9. The first-order valence-corrected chi connectivity index (χ1v) is 19.8. The highest BCUT2D eigenvalue weighted by molar-refractivity contribution is 5.07. The Morgan fingerprint density at radius 3 is 1.12 bits per heavy atom. The van der Waals surface area contributed by atoms with Gasteiger partial charge in [-0.25, -0.2) is 0 Å². The molecule has 0 aromatic heterocycles. The summed E-state index contributed by atoms with van der Waals surface area (Å²) in [4.78, 5) is 0. The van der Waals surface area contributed by atoms with Gasteiger partial charge < -0.3 is 25.5 Å². The topological polar surface area (TPSA) is 101 Å². The standard InChI is InChI=1S/C45H82O5/c1-12-41(7,46)28-16-26-39(5)24-13-22-38(4)23-14-25-40(6)27-17-30-43(9,48)32-19-34-45(11,50)36-20-35-44(10,49)33-18-31-42(8,47)29-15-21-37(2)3/h12,21-22,25-26,46-50H,1,13-20,23-24,27-36H2,2-11H3/b38-22+,39-26+,40-25+. The molecule has 0 aliphatic carbocycles. The summed E-state index contributed by atoms with van der Waals surface area (Å²) in [6.45, 7) is 23.8. The molecule has 5 heteroatoms. The normalized spacial score (nSPS) is 19.1. The molecule has 5 atom stereocenters. The summed E-state index contributed by atoms with van der Waals surface area (Å²) >= 11 is 0. The Morgan fingerprint density at radius 2 is 0.740 bits per heavy atom. The Bertz CT molecular complexity index is 1060. The van der Waals surface area contributed by atoms with Crippen molar-refractivity contribution in [2.75, 3.05) is 0 Å². The Morgan fingerprint density at radius 1 is 0.420 bits per heavy atom. The van der Waals surface area contributed by atoms with Crippen LogP contribution in [0, 0.1) is 0 Å². The molecular weight excluding hydrogens is 620 g/mol. The molecule has 0 rings (SSSR count). The van der Waals surface area contributed by atoms with E-state index in [0.717, 1.165) is 83.5 Å². The number of allylic oxidation sites excluding steroid dienone is 8. The Kier molecular flexibility index (Phi) is 23.2. The summed E-state index contributed by atoms with van der Waals surface area (Å²) in [7, 11) is 0. The van der Waals surface area contributed by atoms with Gasteiger partial charge in [-0.15, -0.1) is 6.58 Å². The third kappa shape index (κ3) is 28.1. The van der Waals surface area contributed by atoms with Crippen LogP contribution in [0.2, 0.25) is 0 Å². The maximum absolute atomic E-state index is 11.0. The van der Waals surface area contributed by atoms with Crippen LogP contribution >= 0.6 is 0 Å². The van der Waals surface area contributed by atoms with Gasteiger partial charge in [0.15, 0.2) is 0 Å². The quantitative estimate of drug-likeness (QED) is 0.0500. The van der Waals surface area contributed by atoms with Crippen LogP contribution in [0.5, 0.6) is 0 Å². The van der Waals surface area contributed by atoms with Crippen LogP contribution in [0.15, 0.2) is 59.3 Å². The molecule has 0 fully saturated rings. The van der Waals surface area contributed by atoms with Gasteiger partial charge in [0.05, 0.1) is 28.0 Å². The minimum Gasteiger partial charge on any atom is -0.390 e. The van der Waals surface area contributed by atoms with E-state index in [9.17, 15) is 25.5 Å². The van der Waals surface area contributed by atoms with Crippen LogP contribution < -0.4 is 0 Å². The Balaban J connectivity index is 4.31. The highest BCUT2D eigenvalue weighted by Gasteiger charge is 2.27. The zero-order valence-electron chi connectivity index (χ0n) is 34.5. The lowest BCUT2D eigenvalue weighted by Gasteiger charge is -2.30. The first kappa shape index (κ1) is 48.5. The van der Waals surface area contributed by atoms with Gasteiger partial charge in [0.1, 0.15) is 0 Å². The molecule has 0 aromatic rings. The van der Waals surface area contributed by atoms with E-state index in [-0.39, 0.29) is 0 Å². The van der Waals surface area contributed by atoms with Crippen LogP contribution in [0.3, 0.4) is 0 Å². The SMILES string of the molecule is C=CC(C)(O)CC/C=C(\C)CC/C=C(\C)CC/C=C(\C)CCCC(C)(O)CCCC(C)(O)CCCC(C)(O)CCCC(C)(O)CCC=C(C)C. The summed E-state index contributed by atoms with van der Waals surface area (Å²) in [5, 5.41) is 53.6. The molecule has 0 saturated carbocycles. The number of aliphatic hydroxyl groups is 5. The summed E-state index contributed by atoms with van der Waals surface area (Å²) in [5.74, 6) is 0. The average Bonchev–Trinajstić information content (AvgIpc) is 2.96. The Labute approximate surface area is 309 Å². The lowest BCUT2D eigenvalue weighted by atomic mass is 9.84. The zero-order valence-corrected chi connectivity index (χ0v) is 34.5. The molecule has 0 aliphatic heterocycles. The molecular formula is C45H82O5. The van der Waals surface area contributed by atoms with E-state index in [1.807, 2.05) is 27.7 Å². The predicted octanol–water partition coefficient (Wildman–Crippen LogP) is 11.5. The van der Waals surface area contributed by atoms with Gasteiger partial charge in [-0.3, -0.25) is 0 Å². The molecule has 5 nitrogen and oxygen atoms in total. The van der Waals surface area contributed by atoms with E-state index in [1.165, 1.54) is 22.3 Å². The van der Waals surface area contributed by atoms with Crippen molar-refractivity contribution in [2.24, 2.45) is 0 Å². The van der Waals surface area contributed by atoms with Crippen molar-refractivity contribution in [1.29, 1.82) is 0 Å². The van der Waals surface area contributed by atoms with Gasteiger partial charge >= 0.3 is 0 Å². The molecule has 0 heterocycles. The van der Waals surface area contributed by atoms with E-state index in [0.29, 0.717) is 44.9 Å². The number of hydrogen-bond acceptors (Lipinski definition) is 5. The fourth-order valence-corrected chi connectivity index (χ4v) is 6.58. The third-order valence-corrected chi connectivity index (χ3v) is 10.5. The van der Waals surface area contributed by atoms with Crippen LogP contribution in [0.25, 0.3) is 0 Å². The van der Waals surface area contributed by atoms with Gasteiger partial charge in [-0.2, -0.15) is 0 Å². The van der Waals surface area contributed by atoms with Crippen molar-refractivity contribution in [3.8, 4) is 0 Å². The smallest absolute Gasteiger partial charge is 0.0800 e. The number of rotatable bonds is 29. The zero-order chi connectivity index (χ0) is 38.5. The van der Waals surface area contributed by atoms with Crippen LogP contribution in [0.1, 0.15) is 198 Å². The first-order valence-electron chi connectivity index (χ1n) is 19.8. The van der Waals surface area contributed by atoms with E-state index < -0.39 is 28.0 Å². The third-order valence-electron chi connectivity index (χ3n) is 10.5. The fraction of sp³-hybridized carbons (Fsp3) is 0.778. The molecule has 50 heavy (non-hydrogen) atoms. The molecule has 5 unspecified atom stereocenters. The van der Waals surface area contributed by atoms with E-state index in [1.54, 1.807) is 13.0 Å². The average molecular weight is 703 g/mol. The van der Waals surface area contributed by atoms with E-state index in [2.05, 4.69) is 65.5 Å². The van der Waals surface area contributed by atoms with Crippen molar-refractivity contribution in [2.45, 2.75) is 226 Å². The predicted molar refractivity (Wildman–Crippen MR) is 216 cm³/mol. The lowest BCUT2D eigenvalue weighted by Crippen LogP contribution is -2.30. The molecule has 0 aromatic carbocycles.